The van der Waals surface area contributed by atoms with Crippen LogP contribution in [0.3, 0.4) is 0 Å². The molecule has 0 aromatic carbocycles. The van der Waals surface area contributed by atoms with Gasteiger partial charge in [-0.25, -0.2) is 19.1 Å². The fourth-order valence-electron chi connectivity index (χ4n) is 4.95. The second-order valence-electron chi connectivity index (χ2n) is 11.3. The fourth-order valence-corrected chi connectivity index (χ4v) is 4.95. The van der Waals surface area contributed by atoms with Gasteiger partial charge < -0.3 is 14.8 Å². The molecule has 0 atom stereocenters. The van der Waals surface area contributed by atoms with Gasteiger partial charge in [0.05, 0.1) is 13.2 Å². The third-order valence-corrected chi connectivity index (χ3v) is 7.59. The smallest absolute Gasteiger partial charge is 0.417 e. The van der Waals surface area contributed by atoms with Crippen LogP contribution in [0.25, 0.3) is 0 Å². The molecule has 0 aliphatic carbocycles. The minimum absolute atomic E-state index is 0.172. The second-order valence-corrected chi connectivity index (χ2v) is 11.3. The topological polar surface area (TPSA) is 88.8 Å². The van der Waals surface area contributed by atoms with E-state index in [9.17, 15) is 14.4 Å². The number of carbonyl (C=O) groups excluding carboxylic acids is 3. The molecule has 0 fully saturated rings. The zero-order valence-electron chi connectivity index (χ0n) is 27.0. The highest BCUT2D eigenvalue weighted by Crippen LogP contribution is 2.13. The monoisotopic (exact) mass is 590 g/mol. The molecule has 1 N–H and O–H groups in total. The summed E-state index contributed by atoms with van der Waals surface area (Å²) in [6, 6.07) is 5.69. The van der Waals surface area contributed by atoms with E-state index in [-0.39, 0.29) is 25.2 Å². The highest BCUT2D eigenvalue weighted by atomic mass is 16.6. The first-order chi connectivity index (χ1) is 20.5. The Balaban J connectivity index is 1.94. The molecule has 0 spiro atoms. The molecule has 240 valence electrons. The molecule has 1 aromatic heterocycles. The predicted octanol–water partition coefficient (Wildman–Crippen LogP) is 8.25. The van der Waals surface area contributed by atoms with Crippen molar-refractivity contribution in [1.82, 2.24) is 10.2 Å². The SMILES string of the molecule is CCCCCCCCCCCCCCCCCNC(=O)OCCCCCOC(=O)N(Cc1cccc[n+]1CC)C(C)=O. The van der Waals surface area contributed by atoms with Crippen LogP contribution in [0.2, 0.25) is 0 Å². The van der Waals surface area contributed by atoms with Gasteiger partial charge in [-0.3, -0.25) is 4.79 Å². The van der Waals surface area contributed by atoms with Crippen molar-refractivity contribution in [3.05, 3.63) is 30.1 Å². The number of aryl methyl sites for hydroxylation is 1. The molecule has 1 rings (SSSR count). The Morgan fingerprint density at radius 2 is 1.24 bits per heavy atom. The van der Waals surface area contributed by atoms with E-state index < -0.39 is 6.09 Å². The van der Waals surface area contributed by atoms with Crippen LogP contribution in [0, 0.1) is 0 Å². The lowest BCUT2D eigenvalue weighted by Gasteiger charge is -2.17. The number of carbonyl (C=O) groups is 3. The average molecular weight is 591 g/mol. The molecule has 0 unspecified atom stereocenters. The van der Waals surface area contributed by atoms with Gasteiger partial charge in [-0.15, -0.1) is 0 Å². The van der Waals surface area contributed by atoms with Crippen molar-refractivity contribution in [2.75, 3.05) is 19.8 Å². The number of nitrogens with one attached hydrogen (secondary N) is 1. The largest absolute Gasteiger partial charge is 0.450 e. The van der Waals surface area contributed by atoms with Crippen LogP contribution >= 0.6 is 0 Å². The molecule has 1 aromatic rings. The fraction of sp³-hybridized carbons (Fsp3) is 0.765. The van der Waals surface area contributed by atoms with Crippen molar-refractivity contribution in [3.8, 4) is 0 Å². The van der Waals surface area contributed by atoms with Gasteiger partial charge >= 0.3 is 12.2 Å². The van der Waals surface area contributed by atoms with Gasteiger partial charge in [0.25, 0.3) is 0 Å². The Bertz CT molecular complexity index is 848. The Labute approximate surface area is 255 Å². The van der Waals surface area contributed by atoms with Gasteiger partial charge in [-0.1, -0.05) is 103 Å². The van der Waals surface area contributed by atoms with Crippen molar-refractivity contribution in [2.24, 2.45) is 0 Å². The zero-order chi connectivity index (χ0) is 30.7. The maximum atomic E-state index is 12.5. The number of ether oxygens (including phenoxy) is 2. The third kappa shape index (κ3) is 19.5. The van der Waals surface area contributed by atoms with E-state index in [2.05, 4.69) is 12.2 Å². The molecule has 0 bridgehead atoms. The van der Waals surface area contributed by atoms with Crippen LogP contribution in [0.4, 0.5) is 9.59 Å². The summed E-state index contributed by atoms with van der Waals surface area (Å²) in [7, 11) is 0. The molecule has 0 radical (unpaired) electrons. The maximum absolute atomic E-state index is 12.5. The van der Waals surface area contributed by atoms with Crippen LogP contribution in [-0.2, 0) is 27.4 Å². The Morgan fingerprint density at radius 3 is 1.79 bits per heavy atom. The van der Waals surface area contributed by atoms with Crippen molar-refractivity contribution in [3.63, 3.8) is 0 Å². The predicted molar refractivity (Wildman–Crippen MR) is 168 cm³/mol. The summed E-state index contributed by atoms with van der Waals surface area (Å²) >= 11 is 0. The van der Waals surface area contributed by atoms with E-state index in [1.807, 2.05) is 35.9 Å². The van der Waals surface area contributed by atoms with E-state index in [1.54, 1.807) is 0 Å². The zero-order valence-corrected chi connectivity index (χ0v) is 27.0. The summed E-state index contributed by atoms with van der Waals surface area (Å²) in [5.74, 6) is -0.352. The lowest BCUT2D eigenvalue weighted by atomic mass is 10.0. The summed E-state index contributed by atoms with van der Waals surface area (Å²) in [6.07, 6.45) is 22.9. The standard InChI is InChI=1S/C34H59N3O5/c1-4-6-7-8-9-10-11-12-13-14-15-16-17-18-21-26-35-33(39)41-28-23-19-24-29-42-34(40)37(31(3)38)30-32-25-20-22-27-36(32)5-2/h20,22,25,27H,4-19,21,23-24,26,28-30H2,1-3H3/p+1. The van der Waals surface area contributed by atoms with Gasteiger partial charge in [0.1, 0.15) is 13.1 Å². The average Bonchev–Trinajstić information content (AvgIpc) is 2.99. The molecule has 0 saturated carbocycles. The van der Waals surface area contributed by atoms with Crippen molar-refractivity contribution >= 4 is 18.1 Å². The number of unbranched alkanes of at least 4 members (excludes halogenated alkanes) is 16. The summed E-state index contributed by atoms with van der Waals surface area (Å²) < 4.78 is 12.5. The molecule has 0 aliphatic rings. The Kier molecular flexibility index (Phi) is 23.2. The third-order valence-electron chi connectivity index (χ3n) is 7.59. The minimum atomic E-state index is -0.636. The van der Waals surface area contributed by atoms with E-state index in [0.717, 1.165) is 36.4 Å². The number of pyridine rings is 1. The minimum Gasteiger partial charge on any atom is -0.450 e. The molecule has 0 saturated heterocycles. The van der Waals surface area contributed by atoms with Crippen LogP contribution in [-0.4, -0.2) is 42.8 Å². The normalized spacial score (nSPS) is 10.8. The summed E-state index contributed by atoms with van der Waals surface area (Å²) in [5, 5.41) is 2.83. The molecular formula is C34H60N3O5+. The number of hydrogen-bond donors (Lipinski definition) is 1. The van der Waals surface area contributed by atoms with Gasteiger partial charge in [0.2, 0.25) is 11.6 Å². The molecule has 3 amide bonds. The number of alkyl carbamates (subject to hydrolysis) is 1. The lowest BCUT2D eigenvalue weighted by Crippen LogP contribution is -2.43. The van der Waals surface area contributed by atoms with E-state index in [1.165, 1.54) is 90.4 Å². The first-order valence-electron chi connectivity index (χ1n) is 16.8. The highest BCUT2D eigenvalue weighted by Gasteiger charge is 2.23. The molecule has 8 heteroatoms. The van der Waals surface area contributed by atoms with Crippen molar-refractivity contribution in [1.29, 1.82) is 0 Å². The molecule has 8 nitrogen and oxygen atoms in total. The maximum Gasteiger partial charge on any atom is 0.417 e. The molecule has 42 heavy (non-hydrogen) atoms. The van der Waals surface area contributed by atoms with Gasteiger partial charge in [0.15, 0.2) is 6.20 Å². The Morgan fingerprint density at radius 1 is 0.714 bits per heavy atom. The van der Waals surface area contributed by atoms with Gasteiger partial charge in [-0.05, 0) is 32.6 Å². The van der Waals surface area contributed by atoms with Gasteiger partial charge in [0, 0.05) is 25.6 Å². The number of aromatic nitrogens is 1. The number of amides is 3. The van der Waals surface area contributed by atoms with E-state index in [0.29, 0.717) is 26.0 Å². The molecular weight excluding hydrogens is 530 g/mol. The second kappa shape index (κ2) is 26.0. The van der Waals surface area contributed by atoms with E-state index in [4.69, 9.17) is 9.47 Å². The molecule has 0 aliphatic heterocycles. The van der Waals surface area contributed by atoms with Crippen LogP contribution in [0.5, 0.6) is 0 Å². The van der Waals surface area contributed by atoms with Crippen LogP contribution in [0.15, 0.2) is 24.4 Å². The Hall–Kier alpha value is -2.64. The number of rotatable bonds is 25. The van der Waals surface area contributed by atoms with E-state index >= 15 is 0 Å². The van der Waals surface area contributed by atoms with Crippen LogP contribution < -0.4 is 9.88 Å². The first-order valence-corrected chi connectivity index (χ1v) is 16.8. The summed E-state index contributed by atoms with van der Waals surface area (Å²) in [4.78, 5) is 37.4. The number of nitrogens with zero attached hydrogens (tertiary/aromatic N) is 2. The van der Waals surface area contributed by atoms with Gasteiger partial charge in [-0.2, -0.15) is 0 Å². The summed E-state index contributed by atoms with van der Waals surface area (Å²) in [5.41, 5.74) is 0.863. The first kappa shape index (κ1) is 37.4. The lowest BCUT2D eigenvalue weighted by molar-refractivity contribution is -0.701. The van der Waals surface area contributed by atoms with Crippen molar-refractivity contribution < 1.29 is 28.4 Å². The highest BCUT2D eigenvalue weighted by molar-refractivity contribution is 5.90. The van der Waals surface area contributed by atoms with Crippen molar-refractivity contribution in [2.45, 2.75) is 149 Å². The summed E-state index contributed by atoms with van der Waals surface area (Å²) in [6.45, 7) is 7.77. The number of imide groups is 1. The molecule has 1 heterocycles. The van der Waals surface area contributed by atoms with Crippen LogP contribution in [0.1, 0.15) is 142 Å². The quantitative estimate of drug-likeness (QED) is 0.0915. The number of hydrogen-bond acceptors (Lipinski definition) is 5.